The molecule has 0 unspecified atom stereocenters. The van der Waals surface area contributed by atoms with E-state index in [0.717, 1.165) is 19.3 Å². The zero-order valence-corrected chi connectivity index (χ0v) is 14.9. The van der Waals surface area contributed by atoms with E-state index in [1.165, 1.54) is 6.07 Å². The summed E-state index contributed by atoms with van der Waals surface area (Å²) < 4.78 is 1.66. The van der Waals surface area contributed by atoms with Crippen LogP contribution in [0.2, 0.25) is 0 Å². The number of carbonyl (C=O) groups is 2. The maximum atomic E-state index is 13.1. The van der Waals surface area contributed by atoms with E-state index in [1.807, 2.05) is 6.07 Å². The molecular formula is C19H25N3O4. The van der Waals surface area contributed by atoms with E-state index in [9.17, 15) is 19.5 Å². The van der Waals surface area contributed by atoms with Crippen LogP contribution >= 0.6 is 0 Å². The Bertz CT molecular complexity index is 785. The molecule has 26 heavy (non-hydrogen) atoms. The lowest BCUT2D eigenvalue weighted by atomic mass is 9.85. The number of aliphatic hydroxyl groups excluding tert-OH is 1. The molecule has 1 aromatic heterocycles. The van der Waals surface area contributed by atoms with Gasteiger partial charge in [0.25, 0.3) is 5.56 Å². The van der Waals surface area contributed by atoms with Crippen molar-refractivity contribution < 1.29 is 14.7 Å². The highest BCUT2D eigenvalue weighted by atomic mass is 16.3. The quantitative estimate of drug-likeness (QED) is 0.815. The van der Waals surface area contributed by atoms with E-state index in [-0.39, 0.29) is 42.0 Å². The molecular weight excluding hydrogens is 334 g/mol. The van der Waals surface area contributed by atoms with E-state index in [2.05, 4.69) is 5.32 Å². The van der Waals surface area contributed by atoms with Gasteiger partial charge in [-0.3, -0.25) is 14.4 Å². The number of nitrogens with one attached hydrogen (secondary N) is 1. The fraction of sp³-hybridized carbons (Fsp3) is 0.632. The number of hydrogen-bond donors (Lipinski definition) is 2. The number of aliphatic hydroxyl groups is 1. The molecule has 140 valence electrons. The molecule has 2 aliphatic heterocycles. The van der Waals surface area contributed by atoms with Crippen molar-refractivity contribution >= 4 is 11.8 Å². The number of carbonyl (C=O) groups excluding carboxylic acids is 2. The Kier molecular flexibility index (Phi) is 4.34. The van der Waals surface area contributed by atoms with Crippen LogP contribution in [0.25, 0.3) is 0 Å². The van der Waals surface area contributed by atoms with Crippen LogP contribution in [0.5, 0.6) is 0 Å². The van der Waals surface area contributed by atoms with E-state index in [1.54, 1.807) is 22.5 Å². The largest absolute Gasteiger partial charge is 0.396 e. The molecule has 1 aliphatic carbocycles. The van der Waals surface area contributed by atoms with Gasteiger partial charge >= 0.3 is 0 Å². The lowest BCUT2D eigenvalue weighted by Crippen LogP contribution is -2.49. The first-order valence-corrected chi connectivity index (χ1v) is 9.49. The summed E-state index contributed by atoms with van der Waals surface area (Å²) in [6.07, 6.45) is 3.40. The summed E-state index contributed by atoms with van der Waals surface area (Å²) in [6, 6.07) is 4.36. The van der Waals surface area contributed by atoms with E-state index in [0.29, 0.717) is 18.7 Å². The Hall–Kier alpha value is -2.15. The number of fused-ring (bicyclic) bond motifs is 4. The lowest BCUT2D eigenvalue weighted by molar-refractivity contribution is -0.136. The van der Waals surface area contributed by atoms with Gasteiger partial charge in [-0.25, -0.2) is 0 Å². The zero-order chi connectivity index (χ0) is 18.4. The molecule has 2 fully saturated rings. The normalized spacial score (nSPS) is 29.8. The van der Waals surface area contributed by atoms with Gasteiger partial charge in [0.1, 0.15) is 0 Å². The molecule has 3 aliphatic rings. The molecule has 7 nitrogen and oxygen atoms in total. The van der Waals surface area contributed by atoms with Gasteiger partial charge in [0.05, 0.1) is 18.0 Å². The highest BCUT2D eigenvalue weighted by Crippen LogP contribution is 2.48. The minimum absolute atomic E-state index is 0.0417. The van der Waals surface area contributed by atoms with Crippen molar-refractivity contribution in [3.63, 3.8) is 0 Å². The van der Waals surface area contributed by atoms with Gasteiger partial charge < -0.3 is 19.9 Å². The van der Waals surface area contributed by atoms with Crippen molar-refractivity contribution in [1.82, 2.24) is 14.8 Å². The van der Waals surface area contributed by atoms with Gasteiger partial charge in [-0.2, -0.15) is 0 Å². The number of hydrogen-bond acceptors (Lipinski definition) is 4. The molecule has 0 aromatic carbocycles. The standard InChI is InChI=1S/C19H25N3O4/c1-2-15(24)22-14-9-21-13(7-4-8-16(21)25)18(22)17(12(14)10-23)19(26)20-11-5-3-6-11/h4,7-8,11-12,14,17-18,23H,2-3,5-6,9-10H2,1H3,(H,20,26)/t12-,14-,17+,18+/m1/s1. The highest BCUT2D eigenvalue weighted by Gasteiger charge is 2.57. The molecule has 1 aromatic rings. The molecule has 2 N–H and O–H groups in total. The first-order chi connectivity index (χ1) is 12.6. The van der Waals surface area contributed by atoms with Gasteiger partial charge in [0.2, 0.25) is 11.8 Å². The smallest absolute Gasteiger partial charge is 0.250 e. The van der Waals surface area contributed by atoms with Crippen molar-refractivity contribution in [2.45, 2.75) is 57.3 Å². The summed E-state index contributed by atoms with van der Waals surface area (Å²) in [4.78, 5) is 39.8. The number of pyridine rings is 1. The summed E-state index contributed by atoms with van der Waals surface area (Å²) in [6.45, 7) is 1.95. The van der Waals surface area contributed by atoms with Crippen molar-refractivity contribution in [3.8, 4) is 0 Å². The van der Waals surface area contributed by atoms with Crippen molar-refractivity contribution in [3.05, 3.63) is 34.2 Å². The molecule has 2 amide bonds. The van der Waals surface area contributed by atoms with Gasteiger partial charge in [0, 0.05) is 43.3 Å². The van der Waals surface area contributed by atoms with E-state index >= 15 is 0 Å². The van der Waals surface area contributed by atoms with Crippen LogP contribution < -0.4 is 10.9 Å². The van der Waals surface area contributed by atoms with Crippen molar-refractivity contribution in [2.24, 2.45) is 11.8 Å². The van der Waals surface area contributed by atoms with Gasteiger partial charge in [-0.15, -0.1) is 0 Å². The van der Waals surface area contributed by atoms with Crippen LogP contribution in [0.15, 0.2) is 23.0 Å². The van der Waals surface area contributed by atoms with E-state index in [4.69, 9.17) is 0 Å². The second kappa shape index (κ2) is 6.54. The SMILES string of the molecule is CCC(=O)N1[C@@H]2Cn3c(cccc3=O)[C@H]1[C@@H](C(=O)NC1CCC1)[C@@H]2CO. The van der Waals surface area contributed by atoms with Gasteiger partial charge in [-0.1, -0.05) is 13.0 Å². The molecule has 4 atom stereocenters. The van der Waals surface area contributed by atoms with Crippen LogP contribution in [0, 0.1) is 11.8 Å². The van der Waals surface area contributed by atoms with Crippen LogP contribution in [0.3, 0.4) is 0 Å². The summed E-state index contributed by atoms with van der Waals surface area (Å²) in [7, 11) is 0. The zero-order valence-electron chi connectivity index (χ0n) is 14.9. The number of amides is 2. The first kappa shape index (κ1) is 17.3. The Labute approximate surface area is 152 Å². The molecule has 1 saturated carbocycles. The third-order valence-corrected chi connectivity index (χ3v) is 6.26. The van der Waals surface area contributed by atoms with Gasteiger partial charge in [0.15, 0.2) is 0 Å². The second-order valence-electron chi connectivity index (χ2n) is 7.57. The predicted octanol–water partition coefficient (Wildman–Crippen LogP) is 0.417. The lowest BCUT2D eigenvalue weighted by Gasteiger charge is -2.38. The molecule has 3 heterocycles. The molecule has 2 bridgehead atoms. The maximum absolute atomic E-state index is 13.1. The number of nitrogens with zero attached hydrogens (tertiary/aromatic N) is 2. The molecule has 0 spiro atoms. The third kappa shape index (κ3) is 2.48. The maximum Gasteiger partial charge on any atom is 0.250 e. The van der Waals surface area contributed by atoms with Crippen LogP contribution in [-0.4, -0.2) is 45.1 Å². The Balaban J connectivity index is 1.78. The molecule has 0 radical (unpaired) electrons. The minimum Gasteiger partial charge on any atom is -0.396 e. The first-order valence-electron chi connectivity index (χ1n) is 9.49. The highest BCUT2D eigenvalue weighted by molar-refractivity contribution is 5.84. The van der Waals surface area contributed by atoms with E-state index < -0.39 is 12.0 Å². The Morgan fingerprint density at radius 1 is 1.31 bits per heavy atom. The van der Waals surface area contributed by atoms with Gasteiger partial charge in [-0.05, 0) is 25.3 Å². The average molecular weight is 359 g/mol. The summed E-state index contributed by atoms with van der Waals surface area (Å²) in [5, 5.41) is 13.1. The van der Waals surface area contributed by atoms with Crippen LogP contribution in [0.1, 0.15) is 44.3 Å². The number of rotatable bonds is 4. The van der Waals surface area contributed by atoms with Crippen molar-refractivity contribution in [1.29, 1.82) is 0 Å². The second-order valence-corrected chi connectivity index (χ2v) is 7.57. The van der Waals surface area contributed by atoms with Crippen LogP contribution in [-0.2, 0) is 16.1 Å². The fourth-order valence-corrected chi connectivity index (χ4v) is 4.73. The third-order valence-electron chi connectivity index (χ3n) is 6.26. The summed E-state index contributed by atoms with van der Waals surface area (Å²) in [5.41, 5.74) is 0.568. The molecule has 4 rings (SSSR count). The average Bonchev–Trinajstić information content (AvgIpc) is 2.85. The Morgan fingerprint density at radius 3 is 2.69 bits per heavy atom. The number of aromatic nitrogens is 1. The summed E-state index contributed by atoms with van der Waals surface area (Å²) >= 11 is 0. The minimum atomic E-state index is -0.531. The molecule has 1 saturated heterocycles. The van der Waals surface area contributed by atoms with Crippen molar-refractivity contribution in [2.75, 3.05) is 6.61 Å². The fourth-order valence-electron chi connectivity index (χ4n) is 4.73. The summed E-state index contributed by atoms with van der Waals surface area (Å²) in [5.74, 6) is -1.05. The molecule has 7 heteroatoms. The van der Waals surface area contributed by atoms with Crippen LogP contribution in [0.4, 0.5) is 0 Å². The Morgan fingerprint density at radius 2 is 2.08 bits per heavy atom. The monoisotopic (exact) mass is 359 g/mol. The topological polar surface area (TPSA) is 91.6 Å². The predicted molar refractivity (Wildman–Crippen MR) is 94.2 cm³/mol.